The molecule has 0 aliphatic carbocycles. The van der Waals surface area contributed by atoms with Crippen LogP contribution in [0.5, 0.6) is 0 Å². The van der Waals surface area contributed by atoms with Crippen molar-refractivity contribution in [2.24, 2.45) is 0 Å². The van der Waals surface area contributed by atoms with Crippen LogP contribution in [0.4, 0.5) is 0 Å². The highest BCUT2D eigenvalue weighted by Gasteiger charge is 2.11. The molecule has 0 bridgehead atoms. The summed E-state index contributed by atoms with van der Waals surface area (Å²) in [4.78, 5) is 13.0. The Morgan fingerprint density at radius 2 is 1.83 bits per heavy atom. The fourth-order valence-electron chi connectivity index (χ4n) is 1.12. The zero-order valence-corrected chi connectivity index (χ0v) is 8.92. The number of hydrogen-bond acceptors (Lipinski definition) is 2. The first-order valence-corrected chi connectivity index (χ1v) is 4.66. The number of carbonyl (C=O) groups excluding carboxylic acids is 1. The van der Waals surface area contributed by atoms with Gasteiger partial charge in [-0.25, -0.2) is 0 Å². The van der Waals surface area contributed by atoms with Gasteiger partial charge in [0.2, 0.25) is 0 Å². The monoisotopic (exact) mass is 171 g/mol. The molecule has 2 heteroatoms. The SMILES string of the molecule is CC(=O)CCC(C)N(C)C(C)C. The Labute approximate surface area is 75.9 Å². The average molecular weight is 171 g/mol. The van der Waals surface area contributed by atoms with Crippen LogP contribution in [0.3, 0.4) is 0 Å². The molecule has 0 aromatic carbocycles. The van der Waals surface area contributed by atoms with Crippen molar-refractivity contribution in [3.05, 3.63) is 0 Å². The van der Waals surface area contributed by atoms with E-state index in [2.05, 4.69) is 32.7 Å². The van der Waals surface area contributed by atoms with Crippen molar-refractivity contribution < 1.29 is 4.79 Å². The quantitative estimate of drug-likeness (QED) is 0.631. The maximum atomic E-state index is 10.7. The van der Waals surface area contributed by atoms with Gasteiger partial charge in [-0.2, -0.15) is 0 Å². The zero-order valence-electron chi connectivity index (χ0n) is 8.92. The Morgan fingerprint density at radius 1 is 1.33 bits per heavy atom. The van der Waals surface area contributed by atoms with Gasteiger partial charge in [-0.1, -0.05) is 0 Å². The lowest BCUT2D eigenvalue weighted by molar-refractivity contribution is -0.117. The third kappa shape index (κ3) is 4.50. The molecule has 12 heavy (non-hydrogen) atoms. The van der Waals surface area contributed by atoms with E-state index in [1.807, 2.05) is 0 Å². The molecule has 1 unspecified atom stereocenters. The smallest absolute Gasteiger partial charge is 0.129 e. The van der Waals surface area contributed by atoms with Crippen LogP contribution in [0.15, 0.2) is 0 Å². The van der Waals surface area contributed by atoms with Crippen LogP contribution in [-0.2, 0) is 4.79 Å². The van der Waals surface area contributed by atoms with Gasteiger partial charge in [0.25, 0.3) is 0 Å². The van der Waals surface area contributed by atoms with Gasteiger partial charge in [-0.3, -0.25) is 0 Å². The number of hydrogen-bond donors (Lipinski definition) is 0. The molecule has 0 N–H and O–H groups in total. The maximum Gasteiger partial charge on any atom is 0.129 e. The van der Waals surface area contributed by atoms with Crippen molar-refractivity contribution in [3.8, 4) is 0 Å². The van der Waals surface area contributed by atoms with Gasteiger partial charge in [0.15, 0.2) is 0 Å². The van der Waals surface area contributed by atoms with E-state index in [1.165, 1.54) is 0 Å². The van der Waals surface area contributed by atoms with Gasteiger partial charge in [0.05, 0.1) is 0 Å². The molecule has 0 aliphatic heterocycles. The van der Waals surface area contributed by atoms with E-state index < -0.39 is 0 Å². The first-order valence-electron chi connectivity index (χ1n) is 4.66. The fourth-order valence-corrected chi connectivity index (χ4v) is 1.12. The molecule has 72 valence electrons. The van der Waals surface area contributed by atoms with E-state index in [1.54, 1.807) is 6.92 Å². The molecule has 0 heterocycles. The first-order chi connectivity index (χ1) is 5.45. The minimum atomic E-state index is 0.291. The van der Waals surface area contributed by atoms with Crippen molar-refractivity contribution in [3.63, 3.8) is 0 Å². The van der Waals surface area contributed by atoms with E-state index >= 15 is 0 Å². The van der Waals surface area contributed by atoms with E-state index in [-0.39, 0.29) is 0 Å². The highest BCUT2D eigenvalue weighted by molar-refractivity contribution is 5.75. The summed E-state index contributed by atoms with van der Waals surface area (Å²) < 4.78 is 0. The van der Waals surface area contributed by atoms with Crippen LogP contribution in [0.25, 0.3) is 0 Å². The van der Waals surface area contributed by atoms with E-state index in [0.717, 1.165) is 6.42 Å². The van der Waals surface area contributed by atoms with Crippen LogP contribution in [0.1, 0.15) is 40.5 Å². The lowest BCUT2D eigenvalue weighted by atomic mass is 10.1. The molecule has 0 saturated heterocycles. The van der Waals surface area contributed by atoms with Crippen LogP contribution >= 0.6 is 0 Å². The summed E-state index contributed by atoms with van der Waals surface area (Å²) in [5.74, 6) is 0.291. The second-order valence-electron chi connectivity index (χ2n) is 3.85. The third-order valence-electron chi connectivity index (χ3n) is 2.42. The molecule has 0 amide bonds. The summed E-state index contributed by atoms with van der Waals surface area (Å²) in [7, 11) is 2.11. The molecule has 0 spiro atoms. The second-order valence-corrected chi connectivity index (χ2v) is 3.85. The zero-order chi connectivity index (χ0) is 9.72. The minimum absolute atomic E-state index is 0.291. The van der Waals surface area contributed by atoms with Gasteiger partial charge >= 0.3 is 0 Å². The molecule has 0 radical (unpaired) electrons. The lowest BCUT2D eigenvalue weighted by Gasteiger charge is -2.28. The molecule has 2 nitrogen and oxygen atoms in total. The summed E-state index contributed by atoms with van der Waals surface area (Å²) in [6.07, 6.45) is 1.68. The predicted octanol–water partition coefficient (Wildman–Crippen LogP) is 2.08. The Hall–Kier alpha value is -0.370. The Kier molecular flexibility index (Phi) is 5.14. The summed E-state index contributed by atoms with van der Waals surface area (Å²) in [5.41, 5.74) is 0. The molecule has 0 rings (SSSR count). The Bertz CT molecular complexity index is 143. The summed E-state index contributed by atoms with van der Waals surface area (Å²) in [6.45, 7) is 8.17. The van der Waals surface area contributed by atoms with E-state index in [9.17, 15) is 4.79 Å². The molecule has 0 aliphatic rings. The minimum Gasteiger partial charge on any atom is -0.301 e. The molecule has 0 aromatic rings. The fraction of sp³-hybridized carbons (Fsp3) is 0.900. The topological polar surface area (TPSA) is 20.3 Å². The van der Waals surface area contributed by atoms with Gasteiger partial charge < -0.3 is 9.69 Å². The largest absolute Gasteiger partial charge is 0.301 e. The van der Waals surface area contributed by atoms with Crippen molar-refractivity contribution in [1.29, 1.82) is 0 Å². The first kappa shape index (κ1) is 11.6. The maximum absolute atomic E-state index is 10.7. The molecular formula is C10H21NO. The number of rotatable bonds is 5. The van der Waals surface area contributed by atoms with E-state index in [0.29, 0.717) is 24.3 Å². The molecule has 0 fully saturated rings. The molecule has 0 saturated carbocycles. The summed E-state index contributed by atoms with van der Waals surface area (Å²) >= 11 is 0. The van der Waals surface area contributed by atoms with E-state index in [4.69, 9.17) is 0 Å². The predicted molar refractivity (Wildman–Crippen MR) is 52.3 cm³/mol. The van der Waals surface area contributed by atoms with Gasteiger partial charge in [-0.05, 0) is 41.2 Å². The average Bonchev–Trinajstić information content (AvgIpc) is 1.98. The van der Waals surface area contributed by atoms with Crippen LogP contribution in [0.2, 0.25) is 0 Å². The number of nitrogens with zero attached hydrogens (tertiary/aromatic N) is 1. The highest BCUT2D eigenvalue weighted by Crippen LogP contribution is 2.07. The normalized spacial score (nSPS) is 13.9. The number of ketones is 1. The summed E-state index contributed by atoms with van der Waals surface area (Å²) in [6, 6.07) is 1.07. The summed E-state index contributed by atoms with van der Waals surface area (Å²) in [5, 5.41) is 0. The van der Waals surface area contributed by atoms with Gasteiger partial charge in [-0.15, -0.1) is 0 Å². The second kappa shape index (κ2) is 5.31. The van der Waals surface area contributed by atoms with Crippen molar-refractivity contribution >= 4 is 5.78 Å². The lowest BCUT2D eigenvalue weighted by Crippen LogP contribution is -2.35. The van der Waals surface area contributed by atoms with Crippen LogP contribution in [-0.4, -0.2) is 29.8 Å². The Balaban J connectivity index is 3.71. The molecule has 1 atom stereocenters. The van der Waals surface area contributed by atoms with Crippen molar-refractivity contribution in [2.45, 2.75) is 52.6 Å². The van der Waals surface area contributed by atoms with Gasteiger partial charge in [0, 0.05) is 18.5 Å². The third-order valence-corrected chi connectivity index (χ3v) is 2.42. The highest BCUT2D eigenvalue weighted by atomic mass is 16.1. The van der Waals surface area contributed by atoms with Gasteiger partial charge in [0.1, 0.15) is 5.78 Å². The molecule has 0 aromatic heterocycles. The Morgan fingerprint density at radius 3 is 2.17 bits per heavy atom. The van der Waals surface area contributed by atoms with Crippen molar-refractivity contribution in [2.75, 3.05) is 7.05 Å². The van der Waals surface area contributed by atoms with Crippen LogP contribution < -0.4 is 0 Å². The van der Waals surface area contributed by atoms with Crippen LogP contribution in [0, 0.1) is 0 Å². The van der Waals surface area contributed by atoms with Crippen molar-refractivity contribution in [1.82, 2.24) is 4.90 Å². The number of carbonyl (C=O) groups is 1. The standard InChI is InChI=1S/C10H21NO/c1-8(2)11(5)9(3)6-7-10(4)12/h8-9H,6-7H2,1-5H3. The number of Topliss-reactive ketones (excluding diaryl/α,β-unsaturated/α-hetero) is 1. The molecular weight excluding hydrogens is 150 g/mol.